The summed E-state index contributed by atoms with van der Waals surface area (Å²) in [6.07, 6.45) is 10.7. The van der Waals surface area contributed by atoms with Crippen LogP contribution in [0.5, 0.6) is 0 Å². The molecule has 1 saturated heterocycles. The average molecular weight is 264 g/mol. The standard InChI is InChI=1S/C15H28N4/c1-14(12-19-9-5-3-4-6-10-19)16-8-7-15-11-17-18(2)13-15/h11,13-14,16H,3-10,12H2,1-2H3. The summed E-state index contributed by atoms with van der Waals surface area (Å²) in [6.45, 7) is 7.10. The molecule has 2 heterocycles. The zero-order chi connectivity index (χ0) is 13.5. The summed E-state index contributed by atoms with van der Waals surface area (Å²) in [5.74, 6) is 0. The number of hydrogen-bond donors (Lipinski definition) is 1. The fourth-order valence-electron chi connectivity index (χ4n) is 2.83. The topological polar surface area (TPSA) is 33.1 Å². The molecule has 1 aliphatic rings. The molecule has 1 N–H and O–H groups in total. The number of aromatic nitrogens is 2. The maximum Gasteiger partial charge on any atom is 0.0522 e. The third-order valence-electron chi connectivity index (χ3n) is 3.90. The van der Waals surface area contributed by atoms with Crippen LogP contribution in [0.15, 0.2) is 12.4 Å². The van der Waals surface area contributed by atoms with Crippen molar-refractivity contribution in [1.82, 2.24) is 20.0 Å². The smallest absolute Gasteiger partial charge is 0.0522 e. The highest BCUT2D eigenvalue weighted by Crippen LogP contribution is 2.09. The summed E-state index contributed by atoms with van der Waals surface area (Å²) in [4.78, 5) is 2.62. The van der Waals surface area contributed by atoms with Crippen molar-refractivity contribution in [3.63, 3.8) is 0 Å². The molecule has 0 aliphatic carbocycles. The summed E-state index contributed by atoms with van der Waals surface area (Å²) in [5, 5.41) is 7.83. The van der Waals surface area contributed by atoms with Gasteiger partial charge in [0.15, 0.2) is 0 Å². The number of rotatable bonds is 6. The Morgan fingerprint density at radius 2 is 2.00 bits per heavy atom. The zero-order valence-electron chi connectivity index (χ0n) is 12.4. The molecular weight excluding hydrogens is 236 g/mol. The first-order valence-electron chi connectivity index (χ1n) is 7.67. The van der Waals surface area contributed by atoms with E-state index in [0.717, 1.165) is 13.0 Å². The molecule has 1 aromatic heterocycles. The van der Waals surface area contributed by atoms with E-state index in [2.05, 4.69) is 28.4 Å². The van der Waals surface area contributed by atoms with Gasteiger partial charge in [0.1, 0.15) is 0 Å². The molecule has 1 aliphatic heterocycles. The summed E-state index contributed by atoms with van der Waals surface area (Å²) >= 11 is 0. The molecule has 19 heavy (non-hydrogen) atoms. The van der Waals surface area contributed by atoms with Crippen molar-refractivity contribution in [1.29, 1.82) is 0 Å². The Labute approximate surface area is 117 Å². The van der Waals surface area contributed by atoms with Gasteiger partial charge in [-0.3, -0.25) is 4.68 Å². The predicted octanol–water partition coefficient (Wildman–Crippen LogP) is 1.82. The third kappa shape index (κ3) is 5.33. The van der Waals surface area contributed by atoms with E-state index >= 15 is 0 Å². The van der Waals surface area contributed by atoms with Gasteiger partial charge in [-0.2, -0.15) is 5.10 Å². The largest absolute Gasteiger partial charge is 0.313 e. The molecule has 0 aromatic carbocycles. The molecular formula is C15H28N4. The maximum atomic E-state index is 4.20. The van der Waals surface area contributed by atoms with E-state index in [9.17, 15) is 0 Å². The Balaban J connectivity index is 1.62. The van der Waals surface area contributed by atoms with E-state index in [4.69, 9.17) is 0 Å². The molecule has 0 amide bonds. The van der Waals surface area contributed by atoms with Crippen LogP contribution in [0, 0.1) is 0 Å². The van der Waals surface area contributed by atoms with Crippen molar-refractivity contribution in [2.45, 2.75) is 45.1 Å². The number of nitrogens with one attached hydrogen (secondary N) is 1. The van der Waals surface area contributed by atoms with E-state index in [-0.39, 0.29) is 0 Å². The minimum Gasteiger partial charge on any atom is -0.313 e. The molecule has 1 aromatic rings. The molecule has 2 rings (SSSR count). The second-order valence-electron chi connectivity index (χ2n) is 5.84. The lowest BCUT2D eigenvalue weighted by atomic mass is 10.2. The second-order valence-corrected chi connectivity index (χ2v) is 5.84. The molecule has 108 valence electrons. The SMILES string of the molecule is CC(CN1CCCCCC1)NCCc1cnn(C)c1. The average Bonchev–Trinajstić information content (AvgIpc) is 2.63. The minimum absolute atomic E-state index is 0.578. The van der Waals surface area contributed by atoms with Crippen molar-refractivity contribution in [3.05, 3.63) is 18.0 Å². The van der Waals surface area contributed by atoms with Gasteiger partial charge in [0.2, 0.25) is 0 Å². The highest BCUT2D eigenvalue weighted by atomic mass is 15.2. The van der Waals surface area contributed by atoms with E-state index in [0.29, 0.717) is 6.04 Å². The van der Waals surface area contributed by atoms with Gasteiger partial charge in [-0.25, -0.2) is 0 Å². The number of nitrogens with zero attached hydrogens (tertiary/aromatic N) is 3. The first-order chi connectivity index (χ1) is 9.24. The fraction of sp³-hybridized carbons (Fsp3) is 0.800. The lowest BCUT2D eigenvalue weighted by molar-refractivity contribution is 0.256. The fourth-order valence-corrected chi connectivity index (χ4v) is 2.83. The lowest BCUT2D eigenvalue weighted by Crippen LogP contribution is -2.40. The molecule has 0 saturated carbocycles. The Hall–Kier alpha value is -0.870. The maximum absolute atomic E-state index is 4.20. The second kappa shape index (κ2) is 7.65. The summed E-state index contributed by atoms with van der Waals surface area (Å²) in [5.41, 5.74) is 1.32. The molecule has 1 unspecified atom stereocenters. The van der Waals surface area contributed by atoms with E-state index in [1.165, 1.54) is 50.9 Å². The summed E-state index contributed by atoms with van der Waals surface area (Å²) in [7, 11) is 1.97. The molecule has 0 bridgehead atoms. The van der Waals surface area contributed by atoms with Gasteiger partial charge in [-0.1, -0.05) is 12.8 Å². The molecule has 0 spiro atoms. The van der Waals surface area contributed by atoms with E-state index in [1.807, 2.05) is 17.9 Å². The van der Waals surface area contributed by atoms with Gasteiger partial charge < -0.3 is 10.2 Å². The Kier molecular flexibility index (Phi) is 5.86. The van der Waals surface area contributed by atoms with Crippen LogP contribution in [0.25, 0.3) is 0 Å². The monoisotopic (exact) mass is 264 g/mol. The number of likely N-dealkylation sites (tertiary alicyclic amines) is 1. The molecule has 4 nitrogen and oxygen atoms in total. The van der Waals surface area contributed by atoms with Crippen LogP contribution in [0.3, 0.4) is 0 Å². The quantitative estimate of drug-likeness (QED) is 0.851. The van der Waals surface area contributed by atoms with E-state index < -0.39 is 0 Å². The summed E-state index contributed by atoms with van der Waals surface area (Å²) < 4.78 is 1.87. The van der Waals surface area contributed by atoms with Gasteiger partial charge in [0.05, 0.1) is 6.20 Å². The van der Waals surface area contributed by atoms with Crippen LogP contribution >= 0.6 is 0 Å². The molecule has 0 radical (unpaired) electrons. The van der Waals surface area contributed by atoms with Crippen molar-refractivity contribution in [3.8, 4) is 0 Å². The van der Waals surface area contributed by atoms with Crippen LogP contribution in [0.2, 0.25) is 0 Å². The van der Waals surface area contributed by atoms with Crippen molar-refractivity contribution in [2.24, 2.45) is 7.05 Å². The highest BCUT2D eigenvalue weighted by molar-refractivity contribution is 5.03. The third-order valence-corrected chi connectivity index (χ3v) is 3.90. The normalized spacial score (nSPS) is 19.3. The van der Waals surface area contributed by atoms with Crippen molar-refractivity contribution >= 4 is 0 Å². The van der Waals surface area contributed by atoms with Gasteiger partial charge in [0, 0.05) is 25.8 Å². The number of hydrogen-bond acceptors (Lipinski definition) is 3. The summed E-state index contributed by atoms with van der Waals surface area (Å²) in [6, 6.07) is 0.578. The predicted molar refractivity (Wildman–Crippen MR) is 79.3 cm³/mol. The number of aryl methyl sites for hydroxylation is 1. The molecule has 1 fully saturated rings. The molecule has 1 atom stereocenters. The zero-order valence-corrected chi connectivity index (χ0v) is 12.4. The van der Waals surface area contributed by atoms with Crippen LogP contribution in [0.1, 0.15) is 38.2 Å². The van der Waals surface area contributed by atoms with Crippen LogP contribution < -0.4 is 5.32 Å². The van der Waals surface area contributed by atoms with Gasteiger partial charge in [-0.05, 0) is 51.4 Å². The Bertz CT molecular complexity index is 353. The Morgan fingerprint density at radius 1 is 1.26 bits per heavy atom. The minimum atomic E-state index is 0.578. The first-order valence-corrected chi connectivity index (χ1v) is 7.67. The van der Waals surface area contributed by atoms with Crippen LogP contribution in [-0.2, 0) is 13.5 Å². The molecule has 4 heteroatoms. The van der Waals surface area contributed by atoms with Crippen LogP contribution in [-0.4, -0.2) is 46.9 Å². The highest BCUT2D eigenvalue weighted by Gasteiger charge is 2.11. The lowest BCUT2D eigenvalue weighted by Gasteiger charge is -2.24. The van der Waals surface area contributed by atoms with Gasteiger partial charge in [-0.15, -0.1) is 0 Å². The van der Waals surface area contributed by atoms with Crippen molar-refractivity contribution < 1.29 is 0 Å². The first kappa shape index (κ1) is 14.5. The van der Waals surface area contributed by atoms with Gasteiger partial charge in [0.25, 0.3) is 0 Å². The van der Waals surface area contributed by atoms with Crippen LogP contribution in [0.4, 0.5) is 0 Å². The Morgan fingerprint density at radius 3 is 2.63 bits per heavy atom. The van der Waals surface area contributed by atoms with Crippen molar-refractivity contribution in [2.75, 3.05) is 26.2 Å². The van der Waals surface area contributed by atoms with Gasteiger partial charge >= 0.3 is 0 Å². The van der Waals surface area contributed by atoms with E-state index in [1.54, 1.807) is 0 Å².